The summed E-state index contributed by atoms with van der Waals surface area (Å²) in [7, 11) is -2.62. The van der Waals surface area contributed by atoms with Crippen LogP contribution in [0.5, 0.6) is 17.5 Å². The molecule has 2 aromatic heterocycles. The number of carbonyl (C=O) groups excluding carboxylic acids is 2. The van der Waals surface area contributed by atoms with Crippen molar-refractivity contribution >= 4 is 60.9 Å². The summed E-state index contributed by atoms with van der Waals surface area (Å²) in [6, 6.07) is 44.2. The maximum absolute atomic E-state index is 16.4. The van der Waals surface area contributed by atoms with Crippen molar-refractivity contribution in [2.24, 2.45) is 7.05 Å². The van der Waals surface area contributed by atoms with Crippen molar-refractivity contribution in [2.45, 2.75) is 32.8 Å². The molecule has 0 radical (unpaired) electrons. The number of hydrogen-bond acceptors (Lipinski definition) is 11. The molecule has 18 heteroatoms. The van der Waals surface area contributed by atoms with Crippen LogP contribution in [0.1, 0.15) is 23.6 Å². The number of rotatable bonds is 15. The number of hydrogen-bond donors (Lipinski definition) is 2. The molecule has 2 aliphatic rings. The number of ether oxygens (including phenoxy) is 3. The Hall–Kier alpha value is -8.22. The van der Waals surface area contributed by atoms with Gasteiger partial charge in [-0.05, 0) is 77.5 Å². The molecule has 1 atom stereocenters. The van der Waals surface area contributed by atoms with E-state index in [1.54, 1.807) is 40.4 Å². The van der Waals surface area contributed by atoms with Crippen LogP contribution >= 0.6 is 0 Å². The first kappa shape index (κ1) is 46.5. The summed E-state index contributed by atoms with van der Waals surface area (Å²) in [5.41, 5.74) is 5.24. The van der Waals surface area contributed by atoms with Crippen LogP contribution in [0.25, 0.3) is 27.5 Å². The molecule has 2 aliphatic heterocycles. The maximum Gasteiger partial charge on any atom is 0.333 e. The first-order valence-corrected chi connectivity index (χ1v) is 24.4. The normalized spacial score (nSPS) is 15.8. The van der Waals surface area contributed by atoms with Gasteiger partial charge in [0.15, 0.2) is 5.82 Å². The first-order valence-electron chi connectivity index (χ1n) is 23.0. The van der Waals surface area contributed by atoms with Gasteiger partial charge < -0.3 is 24.4 Å². The third-order valence-electron chi connectivity index (χ3n) is 12.6. The zero-order chi connectivity index (χ0) is 49.2. The summed E-state index contributed by atoms with van der Waals surface area (Å²) in [5.74, 6) is -1.43. The van der Waals surface area contributed by atoms with Crippen molar-refractivity contribution in [2.75, 3.05) is 47.2 Å². The molecule has 4 heterocycles. The molecular weight excluding hydrogens is 928 g/mol. The van der Waals surface area contributed by atoms with Crippen LogP contribution < -0.4 is 39.1 Å². The summed E-state index contributed by atoms with van der Waals surface area (Å²) in [4.78, 5) is 48.9. The minimum Gasteiger partial charge on any atom is -0.487 e. The molecule has 6 aromatic carbocycles. The highest BCUT2D eigenvalue weighted by Gasteiger charge is 2.38. The quantitative estimate of drug-likeness (QED) is 0.108. The van der Waals surface area contributed by atoms with Gasteiger partial charge in [-0.1, -0.05) is 91.0 Å². The average Bonchev–Trinajstić information content (AvgIpc) is 3.80. The van der Waals surface area contributed by atoms with Crippen molar-refractivity contribution in [3.05, 3.63) is 179 Å². The van der Waals surface area contributed by atoms with Gasteiger partial charge in [-0.15, -0.1) is 0 Å². The highest BCUT2D eigenvalue weighted by atomic mass is 32.2. The number of benzene rings is 6. The monoisotopic (exact) mass is 976 g/mol. The number of nitrogens with zero attached hydrogens (tertiary/aromatic N) is 6. The van der Waals surface area contributed by atoms with Crippen LogP contribution in [0.3, 0.4) is 0 Å². The van der Waals surface area contributed by atoms with E-state index in [4.69, 9.17) is 19.2 Å². The molecule has 16 nitrogen and oxygen atoms in total. The molecule has 8 aromatic rings. The number of aryl methyl sites for hydroxylation is 1. The van der Waals surface area contributed by atoms with E-state index in [1.807, 2.05) is 114 Å². The number of halogens is 1. The molecule has 0 unspecified atom stereocenters. The lowest BCUT2D eigenvalue weighted by atomic mass is 10.1. The van der Waals surface area contributed by atoms with Gasteiger partial charge in [0.1, 0.15) is 43.5 Å². The van der Waals surface area contributed by atoms with Gasteiger partial charge in [-0.2, -0.15) is 13.4 Å². The number of imidazole rings is 1. The van der Waals surface area contributed by atoms with Crippen molar-refractivity contribution in [3.63, 3.8) is 0 Å². The van der Waals surface area contributed by atoms with Gasteiger partial charge in [-0.25, -0.2) is 18.2 Å². The molecule has 71 heavy (non-hydrogen) atoms. The Bertz CT molecular complexity index is 3470. The molecule has 2 N–H and O–H groups in total. The lowest BCUT2D eigenvalue weighted by molar-refractivity contribution is -0.118. The molecule has 10 rings (SSSR count). The summed E-state index contributed by atoms with van der Waals surface area (Å²) in [6.07, 6.45) is 0. The predicted molar refractivity (Wildman–Crippen MR) is 269 cm³/mol. The second-order valence-electron chi connectivity index (χ2n) is 17.5. The van der Waals surface area contributed by atoms with Crippen LogP contribution in [-0.4, -0.2) is 78.0 Å². The molecular formula is C53H49FN8O8S. The summed E-state index contributed by atoms with van der Waals surface area (Å²) in [6.45, 7) is 3.88. The molecule has 2 saturated heterocycles. The Kier molecular flexibility index (Phi) is 12.9. The number of carbonyl (C=O) groups is 2. The lowest BCUT2D eigenvalue weighted by Gasteiger charge is -2.40. The van der Waals surface area contributed by atoms with E-state index in [9.17, 15) is 22.8 Å². The molecule has 362 valence electrons. The SMILES string of the molecule is C[C@H]1CN(c2ccc3c(c2)n(C)c(=O)n3-c2ccc(OCc3ccccc3)nc2OCc2ccccc2)CCN1CC(=O)Nc1ccc2c(F)c(N3CC(=O)NS3(=O)=O)c(OCc3ccccc3)cc2c1. The third kappa shape index (κ3) is 9.84. The van der Waals surface area contributed by atoms with Crippen LogP contribution in [0, 0.1) is 5.82 Å². The van der Waals surface area contributed by atoms with Gasteiger partial charge in [-0.3, -0.25) is 23.6 Å². The average molecular weight is 977 g/mol. The van der Waals surface area contributed by atoms with Gasteiger partial charge in [0, 0.05) is 55.6 Å². The second-order valence-corrected chi connectivity index (χ2v) is 19.1. The zero-order valence-corrected chi connectivity index (χ0v) is 39.6. The zero-order valence-electron chi connectivity index (χ0n) is 38.8. The second kappa shape index (κ2) is 19.6. The number of nitrogens with one attached hydrogen (secondary N) is 2. The topological polar surface area (TPSA) is 170 Å². The van der Waals surface area contributed by atoms with E-state index >= 15 is 4.39 Å². The fourth-order valence-corrected chi connectivity index (χ4v) is 10.1. The standard InChI is InChI=1S/C53H49FN8O8S/c1-35-29-60(41-19-21-43-45(28-41)58(2)53(65)62(43)44-22-23-49(69-33-37-14-8-4-9-15-37)56-52(44)70-34-38-16-10-5-11-17-38)25-24-59(35)30-47(63)55-40-18-20-42-39(26-40)27-46(68-32-36-12-6-3-7-13-36)51(50(42)54)61-31-48(64)57-71(61,66)67/h3-23,26-28,35H,24-25,29-34H2,1-2H3,(H,55,63)(H,57,64)/t35-/m0/s1. The smallest absolute Gasteiger partial charge is 0.333 e. The van der Waals surface area contributed by atoms with Gasteiger partial charge in [0.05, 0.1) is 17.6 Å². The molecule has 0 spiro atoms. The van der Waals surface area contributed by atoms with E-state index in [2.05, 4.69) is 22.0 Å². The van der Waals surface area contributed by atoms with Crippen LogP contribution in [-0.2, 0) is 46.7 Å². The number of pyridine rings is 1. The van der Waals surface area contributed by atoms with Crippen molar-refractivity contribution in [3.8, 4) is 23.2 Å². The van der Waals surface area contributed by atoms with Crippen LogP contribution in [0.4, 0.5) is 21.5 Å². The number of fused-ring (bicyclic) bond motifs is 2. The van der Waals surface area contributed by atoms with Gasteiger partial charge in [0.2, 0.25) is 17.7 Å². The highest BCUT2D eigenvalue weighted by Crippen LogP contribution is 2.40. The summed E-state index contributed by atoms with van der Waals surface area (Å²) < 4.78 is 66.3. The predicted octanol–water partition coefficient (Wildman–Crippen LogP) is 7.08. The minimum absolute atomic E-state index is 0.00400. The van der Waals surface area contributed by atoms with Crippen molar-refractivity contribution < 1.29 is 36.6 Å². The largest absolute Gasteiger partial charge is 0.487 e. The van der Waals surface area contributed by atoms with Crippen molar-refractivity contribution in [1.82, 2.24) is 23.7 Å². The van der Waals surface area contributed by atoms with Crippen molar-refractivity contribution in [1.29, 1.82) is 0 Å². The summed E-state index contributed by atoms with van der Waals surface area (Å²) in [5, 5.41) is 3.37. The van der Waals surface area contributed by atoms with E-state index in [1.165, 1.54) is 12.1 Å². The molecule has 2 fully saturated rings. The first-order chi connectivity index (χ1) is 34.4. The Morgan fingerprint density at radius 2 is 1.44 bits per heavy atom. The fraction of sp³-hybridized carbons (Fsp3) is 0.208. The Morgan fingerprint density at radius 1 is 0.775 bits per heavy atom. The maximum atomic E-state index is 16.4. The minimum atomic E-state index is -4.36. The Balaban J connectivity index is 0.834. The van der Waals surface area contributed by atoms with E-state index < -0.39 is 28.5 Å². The number of anilines is 3. The van der Waals surface area contributed by atoms with E-state index in [0.29, 0.717) is 58.7 Å². The van der Waals surface area contributed by atoms with Gasteiger partial charge in [0.25, 0.3) is 5.91 Å². The molecule has 2 amide bonds. The molecule has 0 aliphatic carbocycles. The molecule has 0 bridgehead atoms. The van der Waals surface area contributed by atoms with Crippen LogP contribution in [0.15, 0.2) is 150 Å². The van der Waals surface area contributed by atoms with E-state index in [0.717, 1.165) is 27.9 Å². The Morgan fingerprint density at radius 3 is 2.08 bits per heavy atom. The molecule has 0 saturated carbocycles. The number of amides is 2. The third-order valence-corrected chi connectivity index (χ3v) is 14.0. The number of piperazine rings is 1. The van der Waals surface area contributed by atoms with Gasteiger partial charge >= 0.3 is 15.9 Å². The summed E-state index contributed by atoms with van der Waals surface area (Å²) >= 11 is 0. The lowest BCUT2D eigenvalue weighted by Crippen LogP contribution is -2.53. The highest BCUT2D eigenvalue weighted by molar-refractivity contribution is 7.92. The Labute approximate surface area is 408 Å². The van der Waals surface area contributed by atoms with Crippen LogP contribution in [0.2, 0.25) is 0 Å². The van der Waals surface area contributed by atoms with E-state index in [-0.39, 0.29) is 60.1 Å². The number of aromatic nitrogens is 3. The fourth-order valence-electron chi connectivity index (χ4n) is 8.96.